The number of Topliss-reactive ketones (excluding diaryl/α,β-unsaturated/α-hetero) is 1. The molecule has 0 bridgehead atoms. The molecule has 0 saturated carbocycles. The SMILES string of the molecule is O=C(COC(=O)c1ccccc1SCC(=O)N1CCCC1)c1ccc(Br)cc1. The van der Waals surface area contributed by atoms with Crippen molar-refractivity contribution in [2.45, 2.75) is 17.7 Å². The fourth-order valence-corrected chi connectivity index (χ4v) is 4.09. The third-order valence-corrected chi connectivity index (χ3v) is 6.00. The Kier molecular flexibility index (Phi) is 7.28. The van der Waals surface area contributed by atoms with E-state index in [-0.39, 0.29) is 24.1 Å². The molecule has 5 nitrogen and oxygen atoms in total. The van der Waals surface area contributed by atoms with Crippen LogP contribution in [0, 0.1) is 0 Å². The highest BCUT2D eigenvalue weighted by molar-refractivity contribution is 9.10. The standard InChI is InChI=1S/C21H20BrNO4S/c22-16-9-7-15(8-10-16)18(24)13-27-21(26)17-5-1-2-6-19(17)28-14-20(25)23-11-3-4-12-23/h1-2,5-10H,3-4,11-14H2. The Balaban J connectivity index is 1.58. The van der Waals surface area contributed by atoms with Gasteiger partial charge in [0.2, 0.25) is 5.91 Å². The van der Waals surface area contributed by atoms with Crippen LogP contribution in [0.1, 0.15) is 33.6 Å². The highest BCUT2D eigenvalue weighted by atomic mass is 79.9. The van der Waals surface area contributed by atoms with Gasteiger partial charge in [0.1, 0.15) is 0 Å². The molecule has 1 aliphatic rings. The van der Waals surface area contributed by atoms with Crippen molar-refractivity contribution >= 4 is 45.4 Å². The molecular formula is C21H20BrNO4S. The Labute approximate surface area is 176 Å². The number of ether oxygens (including phenoxy) is 1. The number of ketones is 1. The second-order valence-corrected chi connectivity index (χ2v) is 8.31. The summed E-state index contributed by atoms with van der Waals surface area (Å²) in [7, 11) is 0. The fraction of sp³-hybridized carbons (Fsp3) is 0.286. The van der Waals surface area contributed by atoms with Crippen LogP contribution in [0.4, 0.5) is 0 Å². The van der Waals surface area contributed by atoms with E-state index in [1.165, 1.54) is 11.8 Å². The minimum absolute atomic E-state index is 0.0797. The third kappa shape index (κ3) is 5.45. The first-order valence-electron chi connectivity index (χ1n) is 9.00. The summed E-state index contributed by atoms with van der Waals surface area (Å²) in [6, 6.07) is 13.9. The average molecular weight is 462 g/mol. The summed E-state index contributed by atoms with van der Waals surface area (Å²) < 4.78 is 6.08. The number of halogens is 1. The van der Waals surface area contributed by atoms with Crippen LogP contribution >= 0.6 is 27.7 Å². The molecule has 28 heavy (non-hydrogen) atoms. The van der Waals surface area contributed by atoms with Crippen molar-refractivity contribution < 1.29 is 19.1 Å². The molecule has 1 amide bonds. The fourth-order valence-electron chi connectivity index (χ4n) is 2.89. The molecule has 0 aromatic heterocycles. The van der Waals surface area contributed by atoms with Crippen LogP contribution in [-0.2, 0) is 9.53 Å². The van der Waals surface area contributed by atoms with Crippen molar-refractivity contribution in [1.82, 2.24) is 4.90 Å². The molecule has 1 fully saturated rings. The van der Waals surface area contributed by atoms with Crippen molar-refractivity contribution in [3.8, 4) is 0 Å². The smallest absolute Gasteiger partial charge is 0.339 e. The van der Waals surface area contributed by atoms with Gasteiger partial charge in [0.15, 0.2) is 12.4 Å². The van der Waals surface area contributed by atoms with Crippen LogP contribution in [0.25, 0.3) is 0 Å². The van der Waals surface area contributed by atoms with E-state index in [0.29, 0.717) is 16.0 Å². The molecular weight excluding hydrogens is 442 g/mol. The zero-order valence-corrected chi connectivity index (χ0v) is 17.6. The van der Waals surface area contributed by atoms with E-state index in [1.54, 1.807) is 42.5 Å². The highest BCUT2D eigenvalue weighted by Gasteiger charge is 2.20. The molecule has 7 heteroatoms. The summed E-state index contributed by atoms with van der Waals surface area (Å²) in [6.45, 7) is 1.29. The van der Waals surface area contributed by atoms with Crippen LogP contribution < -0.4 is 0 Å². The molecule has 0 spiro atoms. The number of hydrogen-bond donors (Lipinski definition) is 0. The van der Waals surface area contributed by atoms with E-state index < -0.39 is 5.97 Å². The zero-order chi connectivity index (χ0) is 19.9. The zero-order valence-electron chi connectivity index (χ0n) is 15.2. The molecule has 146 valence electrons. The first-order chi connectivity index (χ1) is 13.5. The molecule has 0 radical (unpaired) electrons. The Morgan fingerprint density at radius 1 is 1.00 bits per heavy atom. The minimum atomic E-state index is -0.567. The number of nitrogens with zero attached hydrogens (tertiary/aromatic N) is 1. The number of esters is 1. The Bertz CT molecular complexity index is 863. The lowest BCUT2D eigenvalue weighted by Gasteiger charge is -2.15. The quantitative estimate of drug-likeness (QED) is 0.351. The monoisotopic (exact) mass is 461 g/mol. The lowest BCUT2D eigenvalue weighted by molar-refractivity contribution is -0.127. The molecule has 0 N–H and O–H groups in total. The molecule has 0 atom stereocenters. The van der Waals surface area contributed by atoms with Gasteiger partial charge in [-0.15, -0.1) is 11.8 Å². The number of benzene rings is 2. The number of carbonyl (C=O) groups excluding carboxylic acids is 3. The van der Waals surface area contributed by atoms with E-state index in [2.05, 4.69) is 15.9 Å². The van der Waals surface area contributed by atoms with Gasteiger partial charge < -0.3 is 9.64 Å². The highest BCUT2D eigenvalue weighted by Crippen LogP contribution is 2.24. The first-order valence-corrected chi connectivity index (χ1v) is 10.8. The molecule has 1 heterocycles. The summed E-state index contributed by atoms with van der Waals surface area (Å²) in [5, 5.41) is 0. The van der Waals surface area contributed by atoms with Crippen LogP contribution in [0.5, 0.6) is 0 Å². The molecule has 3 rings (SSSR count). The maximum Gasteiger partial charge on any atom is 0.339 e. The van der Waals surface area contributed by atoms with Crippen molar-refractivity contribution in [1.29, 1.82) is 0 Å². The molecule has 2 aromatic rings. The van der Waals surface area contributed by atoms with Gasteiger partial charge in [-0.2, -0.15) is 0 Å². The van der Waals surface area contributed by atoms with E-state index >= 15 is 0 Å². The van der Waals surface area contributed by atoms with E-state index in [4.69, 9.17) is 4.74 Å². The van der Waals surface area contributed by atoms with E-state index in [1.807, 2.05) is 11.0 Å². The second-order valence-electron chi connectivity index (χ2n) is 6.38. The van der Waals surface area contributed by atoms with Gasteiger partial charge in [0.25, 0.3) is 0 Å². The lowest BCUT2D eigenvalue weighted by Crippen LogP contribution is -2.29. The Morgan fingerprint density at radius 3 is 2.39 bits per heavy atom. The molecule has 1 saturated heterocycles. The molecule has 0 unspecified atom stereocenters. The van der Waals surface area contributed by atoms with Gasteiger partial charge in [-0.3, -0.25) is 9.59 Å². The molecule has 1 aliphatic heterocycles. The predicted octanol–water partition coefficient (Wildman–Crippen LogP) is 4.20. The Hall–Kier alpha value is -2.12. The Morgan fingerprint density at radius 2 is 1.68 bits per heavy atom. The topological polar surface area (TPSA) is 63.7 Å². The largest absolute Gasteiger partial charge is 0.454 e. The van der Waals surface area contributed by atoms with Crippen molar-refractivity contribution in [3.63, 3.8) is 0 Å². The summed E-state index contributed by atoms with van der Waals surface area (Å²) >= 11 is 4.64. The summed E-state index contributed by atoms with van der Waals surface area (Å²) in [6.07, 6.45) is 2.09. The van der Waals surface area contributed by atoms with Gasteiger partial charge in [-0.1, -0.05) is 40.2 Å². The minimum Gasteiger partial charge on any atom is -0.454 e. The number of rotatable bonds is 7. The van der Waals surface area contributed by atoms with Crippen LogP contribution in [0.2, 0.25) is 0 Å². The van der Waals surface area contributed by atoms with Crippen LogP contribution in [-0.4, -0.2) is 48.0 Å². The van der Waals surface area contributed by atoms with Gasteiger partial charge in [0, 0.05) is 28.0 Å². The van der Waals surface area contributed by atoms with Crippen LogP contribution in [0.3, 0.4) is 0 Å². The number of amides is 1. The molecule has 2 aromatic carbocycles. The van der Waals surface area contributed by atoms with Crippen molar-refractivity contribution in [2.24, 2.45) is 0 Å². The number of hydrogen-bond acceptors (Lipinski definition) is 5. The number of thioether (sulfide) groups is 1. The van der Waals surface area contributed by atoms with Crippen LogP contribution in [0.15, 0.2) is 57.9 Å². The van der Waals surface area contributed by atoms with Gasteiger partial charge in [-0.25, -0.2) is 4.79 Å². The predicted molar refractivity (Wildman–Crippen MR) is 112 cm³/mol. The molecule has 0 aliphatic carbocycles. The third-order valence-electron chi connectivity index (χ3n) is 4.42. The van der Waals surface area contributed by atoms with Crippen molar-refractivity contribution in [2.75, 3.05) is 25.4 Å². The number of carbonyl (C=O) groups is 3. The van der Waals surface area contributed by atoms with Gasteiger partial charge in [0.05, 0.1) is 11.3 Å². The second kappa shape index (κ2) is 9.89. The maximum absolute atomic E-state index is 12.5. The number of likely N-dealkylation sites (tertiary alicyclic amines) is 1. The van der Waals surface area contributed by atoms with Crippen molar-refractivity contribution in [3.05, 3.63) is 64.1 Å². The summed E-state index contributed by atoms with van der Waals surface area (Å²) in [5.74, 6) is -0.476. The van der Waals surface area contributed by atoms with Gasteiger partial charge in [-0.05, 0) is 37.1 Å². The van der Waals surface area contributed by atoms with Gasteiger partial charge >= 0.3 is 5.97 Å². The van der Waals surface area contributed by atoms with E-state index in [9.17, 15) is 14.4 Å². The normalized spacial score (nSPS) is 13.4. The first kappa shape index (κ1) is 20.6. The average Bonchev–Trinajstić information content (AvgIpc) is 3.26. The summed E-state index contributed by atoms with van der Waals surface area (Å²) in [5.41, 5.74) is 0.847. The van der Waals surface area contributed by atoms with E-state index in [0.717, 1.165) is 30.4 Å². The summed E-state index contributed by atoms with van der Waals surface area (Å²) in [4.78, 5) is 39.4. The maximum atomic E-state index is 12.5. The lowest BCUT2D eigenvalue weighted by atomic mass is 10.1.